The Hall–Kier alpha value is -3.03. The number of rotatable bonds is 76. The molecule has 0 aromatic heterocycles. The average Bonchev–Trinajstić information content (AvgIpc) is 0.782. The van der Waals surface area contributed by atoms with Gasteiger partial charge in [-0.3, -0.25) is 4.79 Å². The van der Waals surface area contributed by atoms with Crippen molar-refractivity contribution in [3.05, 3.63) is 85.1 Å². The summed E-state index contributed by atoms with van der Waals surface area (Å²) in [6.07, 6.45) is 74.1. The molecule has 3 saturated heterocycles. The molecule has 19 nitrogen and oxygen atoms in total. The highest BCUT2D eigenvalue weighted by Gasteiger charge is 2.54. The minimum Gasteiger partial charge on any atom is -0.394 e. The number of aliphatic hydroxyl groups is 11. The first-order valence-corrected chi connectivity index (χ1v) is 46.8. The molecule has 0 aromatic rings. The van der Waals surface area contributed by atoms with Gasteiger partial charge in [-0.25, -0.2) is 0 Å². The zero-order chi connectivity index (χ0) is 82.4. The van der Waals surface area contributed by atoms with E-state index in [1.165, 1.54) is 257 Å². The third-order valence-corrected chi connectivity index (χ3v) is 23.0. The molecule has 0 aliphatic carbocycles. The van der Waals surface area contributed by atoms with Crippen molar-refractivity contribution in [3.8, 4) is 0 Å². The molecule has 3 rings (SSSR count). The fourth-order valence-electron chi connectivity index (χ4n) is 15.6. The molecular formula is C95H171NO18. The van der Waals surface area contributed by atoms with Crippen molar-refractivity contribution in [1.29, 1.82) is 0 Å². The van der Waals surface area contributed by atoms with E-state index in [9.17, 15) is 61.0 Å². The van der Waals surface area contributed by atoms with Crippen LogP contribution in [-0.4, -0.2) is 193 Å². The van der Waals surface area contributed by atoms with Gasteiger partial charge < -0.3 is 89.9 Å². The Balaban J connectivity index is 1.29. The summed E-state index contributed by atoms with van der Waals surface area (Å²) < 4.78 is 34.6. The lowest BCUT2D eigenvalue weighted by Crippen LogP contribution is -2.66. The van der Waals surface area contributed by atoms with E-state index < -0.39 is 124 Å². The monoisotopic (exact) mass is 1610 g/mol. The van der Waals surface area contributed by atoms with Gasteiger partial charge in [-0.1, -0.05) is 388 Å². The number of carbonyl (C=O) groups is 1. The van der Waals surface area contributed by atoms with Crippen molar-refractivity contribution in [1.82, 2.24) is 5.32 Å². The van der Waals surface area contributed by atoms with E-state index in [1.807, 2.05) is 0 Å². The Kier molecular flexibility index (Phi) is 68.1. The maximum absolute atomic E-state index is 13.6. The van der Waals surface area contributed by atoms with Crippen LogP contribution in [0.2, 0.25) is 0 Å². The van der Waals surface area contributed by atoms with Crippen LogP contribution in [0.4, 0.5) is 0 Å². The van der Waals surface area contributed by atoms with Crippen LogP contribution in [0.25, 0.3) is 0 Å². The first-order valence-electron chi connectivity index (χ1n) is 46.8. The third kappa shape index (κ3) is 51.6. The Morgan fingerprint density at radius 2 is 0.605 bits per heavy atom. The highest BCUT2D eigenvalue weighted by atomic mass is 16.8. The average molecular weight is 1620 g/mol. The van der Waals surface area contributed by atoms with Crippen LogP contribution in [0, 0.1) is 0 Å². The lowest BCUT2D eigenvalue weighted by molar-refractivity contribution is -0.379. The predicted octanol–water partition coefficient (Wildman–Crippen LogP) is 18.5. The standard InChI is InChI=1S/C95H171NO18/c1-3-5-7-9-11-13-15-17-19-21-23-25-27-29-31-33-34-35-36-37-38-39-40-41-42-43-44-45-47-49-51-53-55-57-59-61-63-65-67-69-71-73-83(101)96-78(79(100)72-70-68-66-64-62-60-58-56-54-52-50-48-46-32-30-28-26-24-22-20-18-16-14-12-10-8-6-4-2)77-109-93-89(107)86(104)91(81(75-98)111-93)114-95-90(108)87(105)92(82(76-99)112-95)113-94-88(106)85(103)84(102)80(74-97)110-94/h5,7,11,13,17,19,23,25,29,31,34-35,37-38,78-82,84-95,97-100,102-108H,3-4,6,8-10,12,14-16,18,20-22,24,26-28,30,32-33,36,39-77H2,1-2H3,(H,96,101)/b7-5-,13-11-,19-17-,25-23-,31-29-,35-34-,38-37-. The van der Waals surface area contributed by atoms with Crippen LogP contribution in [0.1, 0.15) is 380 Å². The summed E-state index contributed by atoms with van der Waals surface area (Å²) in [4.78, 5) is 13.6. The van der Waals surface area contributed by atoms with Gasteiger partial charge in [0.2, 0.25) is 5.91 Å². The van der Waals surface area contributed by atoms with Crippen molar-refractivity contribution in [3.63, 3.8) is 0 Å². The van der Waals surface area contributed by atoms with Gasteiger partial charge in [0.15, 0.2) is 18.9 Å². The normalized spacial score (nSPS) is 25.1. The number of hydrogen-bond donors (Lipinski definition) is 12. The second-order valence-electron chi connectivity index (χ2n) is 33.1. The van der Waals surface area contributed by atoms with Gasteiger partial charge in [-0.15, -0.1) is 0 Å². The first-order chi connectivity index (χ1) is 55.8. The summed E-state index contributed by atoms with van der Waals surface area (Å²) >= 11 is 0. The third-order valence-electron chi connectivity index (χ3n) is 23.0. The Bertz CT molecular complexity index is 2380. The van der Waals surface area contributed by atoms with Crippen LogP contribution < -0.4 is 5.32 Å². The fraction of sp³-hybridized carbons (Fsp3) is 0.842. The SMILES string of the molecule is CC/C=C\C/C=C\C/C=C\C/C=C\C/C=C\C/C=C\C/C=C\CCCCCCCCCCCCCCCCCCCCCC(=O)NC(COC1OC(CO)C(OC2OC(CO)C(OC3OC(CO)C(O)C(O)C3O)C(O)C2O)C(O)C1O)C(O)CCCCCCCCCCCCCCCCCCCCCCCCCCCCCC. The summed E-state index contributed by atoms with van der Waals surface area (Å²) in [6, 6.07) is -0.891. The number of hydrogen-bond acceptors (Lipinski definition) is 18. The van der Waals surface area contributed by atoms with E-state index in [1.54, 1.807) is 0 Å². The fourth-order valence-corrected chi connectivity index (χ4v) is 15.6. The number of nitrogens with one attached hydrogen (secondary N) is 1. The molecule has 0 radical (unpaired) electrons. The number of ether oxygens (including phenoxy) is 6. The number of allylic oxidation sites excluding steroid dienone is 14. The van der Waals surface area contributed by atoms with Gasteiger partial charge in [0.25, 0.3) is 0 Å². The van der Waals surface area contributed by atoms with Gasteiger partial charge in [0.1, 0.15) is 73.2 Å². The molecule has 19 heteroatoms. The molecule has 3 aliphatic rings. The molecule has 0 aromatic carbocycles. The van der Waals surface area contributed by atoms with Crippen LogP contribution in [0.3, 0.4) is 0 Å². The van der Waals surface area contributed by atoms with E-state index >= 15 is 0 Å². The van der Waals surface area contributed by atoms with Crippen LogP contribution >= 0.6 is 0 Å². The van der Waals surface area contributed by atoms with Crippen LogP contribution in [0.5, 0.6) is 0 Å². The molecule has 17 atom stereocenters. The van der Waals surface area contributed by atoms with E-state index in [0.29, 0.717) is 12.8 Å². The number of unbranched alkanes of at least 4 members (excludes halogenated alkanes) is 46. The minimum atomic E-state index is -1.98. The highest BCUT2D eigenvalue weighted by Crippen LogP contribution is 2.34. The maximum atomic E-state index is 13.6. The number of carbonyl (C=O) groups excluding carboxylic acids is 1. The topological polar surface area (TPSA) is 307 Å². The Morgan fingerprint density at radius 1 is 0.325 bits per heavy atom. The van der Waals surface area contributed by atoms with E-state index in [2.05, 4.69) is 104 Å². The van der Waals surface area contributed by atoms with Gasteiger partial charge >= 0.3 is 0 Å². The van der Waals surface area contributed by atoms with Crippen molar-refractivity contribution in [2.24, 2.45) is 0 Å². The van der Waals surface area contributed by atoms with Crippen LogP contribution in [-0.2, 0) is 33.2 Å². The van der Waals surface area contributed by atoms with Crippen LogP contribution in [0.15, 0.2) is 85.1 Å². The zero-order valence-corrected chi connectivity index (χ0v) is 71.8. The molecule has 12 N–H and O–H groups in total. The first kappa shape index (κ1) is 105. The van der Waals surface area contributed by atoms with Gasteiger partial charge in [-0.05, 0) is 70.6 Å². The molecule has 3 aliphatic heterocycles. The van der Waals surface area contributed by atoms with Crippen molar-refractivity contribution >= 4 is 5.91 Å². The van der Waals surface area contributed by atoms with Gasteiger partial charge in [-0.2, -0.15) is 0 Å². The molecule has 17 unspecified atom stereocenters. The quantitative estimate of drug-likeness (QED) is 0.0199. The summed E-state index contributed by atoms with van der Waals surface area (Å²) in [5.41, 5.74) is 0. The molecule has 3 fully saturated rings. The van der Waals surface area contributed by atoms with Gasteiger partial charge in [0.05, 0.1) is 38.6 Å². The molecule has 0 saturated carbocycles. The summed E-state index contributed by atoms with van der Waals surface area (Å²) in [6.45, 7) is 1.74. The zero-order valence-electron chi connectivity index (χ0n) is 71.8. The summed E-state index contributed by atoms with van der Waals surface area (Å²) in [5.74, 6) is -0.237. The molecule has 1 amide bonds. The highest BCUT2D eigenvalue weighted by molar-refractivity contribution is 5.76. The molecule has 0 bridgehead atoms. The van der Waals surface area contributed by atoms with Gasteiger partial charge in [0, 0.05) is 6.42 Å². The van der Waals surface area contributed by atoms with E-state index in [-0.39, 0.29) is 18.9 Å². The largest absolute Gasteiger partial charge is 0.394 e. The summed E-state index contributed by atoms with van der Waals surface area (Å²) in [5, 5.41) is 121. The second-order valence-corrected chi connectivity index (χ2v) is 33.1. The smallest absolute Gasteiger partial charge is 0.220 e. The Labute approximate surface area is 692 Å². The van der Waals surface area contributed by atoms with Crippen molar-refractivity contribution < 1.29 is 89.4 Å². The van der Waals surface area contributed by atoms with E-state index in [0.717, 1.165) is 89.9 Å². The summed E-state index contributed by atoms with van der Waals surface area (Å²) in [7, 11) is 0. The molecule has 3 heterocycles. The maximum Gasteiger partial charge on any atom is 0.220 e. The van der Waals surface area contributed by atoms with Crippen molar-refractivity contribution in [2.75, 3.05) is 26.4 Å². The predicted molar refractivity (Wildman–Crippen MR) is 461 cm³/mol. The minimum absolute atomic E-state index is 0.237. The molecule has 114 heavy (non-hydrogen) atoms. The number of amides is 1. The number of aliphatic hydroxyl groups excluding tert-OH is 11. The lowest BCUT2D eigenvalue weighted by Gasteiger charge is -2.48. The molecular weight excluding hydrogens is 1440 g/mol. The molecule has 664 valence electrons. The lowest BCUT2D eigenvalue weighted by atomic mass is 9.96. The Morgan fingerprint density at radius 3 is 0.947 bits per heavy atom. The molecule has 0 spiro atoms. The van der Waals surface area contributed by atoms with Crippen molar-refractivity contribution in [2.45, 2.75) is 484 Å². The second kappa shape index (κ2) is 73.9. The van der Waals surface area contributed by atoms with E-state index in [4.69, 9.17) is 28.4 Å².